The van der Waals surface area contributed by atoms with Gasteiger partial charge in [-0.1, -0.05) is 20.8 Å². The van der Waals surface area contributed by atoms with Crippen LogP contribution in [0.3, 0.4) is 0 Å². The third-order valence-corrected chi connectivity index (χ3v) is 10.6. The predicted octanol–water partition coefficient (Wildman–Crippen LogP) is 3.76. The average Bonchev–Trinajstić information content (AvgIpc) is 2.52. The van der Waals surface area contributed by atoms with Crippen LogP contribution in [-0.4, -0.2) is 29.8 Å². The second-order valence-electron chi connectivity index (χ2n) is 6.04. The van der Waals surface area contributed by atoms with Crippen molar-refractivity contribution in [1.82, 2.24) is 9.78 Å². The summed E-state index contributed by atoms with van der Waals surface area (Å²) >= 11 is 5.57. The van der Waals surface area contributed by atoms with Crippen molar-refractivity contribution in [2.45, 2.75) is 52.1 Å². The molecule has 0 aliphatic rings. The molecule has 0 atom stereocenters. The molecule has 0 spiro atoms. The van der Waals surface area contributed by atoms with E-state index in [1.54, 1.807) is 0 Å². The summed E-state index contributed by atoms with van der Waals surface area (Å²) in [5, 5.41) is 14.0. The first-order valence-corrected chi connectivity index (χ1v) is 11.0. The number of aromatic nitrogens is 2. The lowest BCUT2D eigenvalue weighted by molar-refractivity contribution is 0.242. The molecule has 1 aromatic heterocycles. The molecular formula is C12H22BrIN2O2Si. The number of rotatable bonds is 5. The SMILES string of the molecule is CC(C)(C)[Si](C)(C)OCCn1nc(Br)c(I)c1CO. The third-order valence-electron chi connectivity index (χ3n) is 3.68. The van der Waals surface area contributed by atoms with Crippen molar-refractivity contribution in [3.05, 3.63) is 13.9 Å². The molecule has 0 aromatic carbocycles. The first-order valence-electron chi connectivity index (χ1n) is 6.25. The Hall–Kier alpha value is 0.557. The van der Waals surface area contributed by atoms with Crippen LogP contribution >= 0.6 is 38.5 Å². The van der Waals surface area contributed by atoms with Crippen molar-refractivity contribution in [1.29, 1.82) is 0 Å². The summed E-state index contributed by atoms with van der Waals surface area (Å²) in [5.74, 6) is 0. The molecule has 1 rings (SSSR count). The number of aliphatic hydroxyl groups excluding tert-OH is 1. The molecule has 1 N–H and O–H groups in total. The molecule has 0 radical (unpaired) electrons. The highest BCUT2D eigenvalue weighted by Gasteiger charge is 2.36. The fraction of sp³-hybridized carbons (Fsp3) is 0.750. The molecule has 0 aliphatic heterocycles. The maximum Gasteiger partial charge on any atom is 0.192 e. The smallest absolute Gasteiger partial charge is 0.192 e. The molecule has 110 valence electrons. The Morgan fingerprint density at radius 3 is 2.47 bits per heavy atom. The van der Waals surface area contributed by atoms with Crippen LogP contribution in [0.15, 0.2) is 4.60 Å². The summed E-state index contributed by atoms with van der Waals surface area (Å²) in [4.78, 5) is 0. The monoisotopic (exact) mass is 460 g/mol. The summed E-state index contributed by atoms with van der Waals surface area (Å²) in [6.07, 6.45) is 0. The van der Waals surface area contributed by atoms with Gasteiger partial charge in [-0.2, -0.15) is 5.10 Å². The topological polar surface area (TPSA) is 47.3 Å². The number of aliphatic hydroxyl groups is 1. The van der Waals surface area contributed by atoms with E-state index in [2.05, 4.69) is 77.5 Å². The highest BCUT2D eigenvalue weighted by atomic mass is 127. The standard InChI is InChI=1S/C12H22BrIN2O2Si/c1-12(2,3)19(4,5)18-7-6-16-9(8-17)10(14)11(13)15-16/h17H,6-8H2,1-5H3. The molecule has 0 saturated carbocycles. The van der Waals surface area contributed by atoms with Crippen LogP contribution in [-0.2, 0) is 17.6 Å². The summed E-state index contributed by atoms with van der Waals surface area (Å²) in [7, 11) is -1.71. The lowest BCUT2D eigenvalue weighted by atomic mass is 10.2. The van der Waals surface area contributed by atoms with Gasteiger partial charge in [-0.15, -0.1) is 0 Å². The molecule has 0 amide bonds. The van der Waals surface area contributed by atoms with E-state index in [1.807, 2.05) is 4.68 Å². The van der Waals surface area contributed by atoms with E-state index in [1.165, 1.54) is 0 Å². The number of halogens is 2. The highest BCUT2D eigenvalue weighted by Crippen LogP contribution is 2.36. The van der Waals surface area contributed by atoms with Crippen LogP contribution in [0.1, 0.15) is 26.5 Å². The maximum absolute atomic E-state index is 9.38. The van der Waals surface area contributed by atoms with Crippen LogP contribution in [0, 0.1) is 3.57 Å². The number of hydrogen-bond donors (Lipinski definition) is 1. The zero-order valence-electron chi connectivity index (χ0n) is 12.1. The van der Waals surface area contributed by atoms with Gasteiger partial charge in [-0.05, 0) is 56.7 Å². The van der Waals surface area contributed by atoms with Gasteiger partial charge in [-0.25, -0.2) is 0 Å². The normalized spacial score (nSPS) is 13.1. The van der Waals surface area contributed by atoms with Gasteiger partial charge in [0.25, 0.3) is 0 Å². The summed E-state index contributed by atoms with van der Waals surface area (Å²) < 4.78 is 9.69. The van der Waals surface area contributed by atoms with E-state index in [-0.39, 0.29) is 11.6 Å². The minimum Gasteiger partial charge on any atom is -0.415 e. The zero-order valence-corrected chi connectivity index (χ0v) is 16.9. The second kappa shape index (κ2) is 6.55. The lowest BCUT2D eigenvalue weighted by Crippen LogP contribution is -2.41. The van der Waals surface area contributed by atoms with Crippen molar-refractivity contribution >= 4 is 46.8 Å². The van der Waals surface area contributed by atoms with Gasteiger partial charge in [0.2, 0.25) is 0 Å². The van der Waals surface area contributed by atoms with Crippen molar-refractivity contribution in [2.75, 3.05) is 6.61 Å². The van der Waals surface area contributed by atoms with E-state index in [0.717, 1.165) is 13.9 Å². The molecule has 4 nitrogen and oxygen atoms in total. The molecule has 0 unspecified atom stereocenters. The van der Waals surface area contributed by atoms with Crippen LogP contribution in [0.5, 0.6) is 0 Å². The van der Waals surface area contributed by atoms with E-state index in [4.69, 9.17) is 4.43 Å². The fourth-order valence-corrected chi connectivity index (χ4v) is 3.39. The first kappa shape index (κ1) is 17.6. The van der Waals surface area contributed by atoms with Crippen molar-refractivity contribution in [2.24, 2.45) is 0 Å². The Morgan fingerprint density at radius 2 is 2.00 bits per heavy atom. The Morgan fingerprint density at radius 1 is 1.42 bits per heavy atom. The lowest BCUT2D eigenvalue weighted by Gasteiger charge is -2.36. The Labute approximate surface area is 138 Å². The van der Waals surface area contributed by atoms with E-state index in [9.17, 15) is 5.11 Å². The van der Waals surface area contributed by atoms with Crippen LogP contribution < -0.4 is 0 Å². The van der Waals surface area contributed by atoms with Crippen molar-refractivity contribution in [3.63, 3.8) is 0 Å². The minimum atomic E-state index is -1.71. The summed E-state index contributed by atoms with van der Waals surface area (Å²) in [6, 6.07) is 0. The molecule has 0 saturated heterocycles. The number of hydrogen-bond acceptors (Lipinski definition) is 3. The van der Waals surface area contributed by atoms with Gasteiger partial charge in [0.05, 0.1) is 29.0 Å². The molecule has 0 aliphatic carbocycles. The zero-order chi connectivity index (χ0) is 14.8. The van der Waals surface area contributed by atoms with E-state index >= 15 is 0 Å². The third kappa shape index (κ3) is 4.26. The van der Waals surface area contributed by atoms with Gasteiger partial charge in [0.1, 0.15) is 4.60 Å². The molecule has 1 aromatic rings. The molecule has 0 bridgehead atoms. The van der Waals surface area contributed by atoms with E-state index < -0.39 is 8.32 Å². The first-order chi connectivity index (χ1) is 8.60. The molecule has 19 heavy (non-hydrogen) atoms. The number of nitrogens with zero attached hydrogens (tertiary/aromatic N) is 2. The molecule has 7 heteroatoms. The van der Waals surface area contributed by atoms with E-state index in [0.29, 0.717) is 13.2 Å². The van der Waals surface area contributed by atoms with Gasteiger partial charge in [-0.3, -0.25) is 4.68 Å². The second-order valence-corrected chi connectivity index (χ2v) is 12.7. The largest absolute Gasteiger partial charge is 0.415 e. The quantitative estimate of drug-likeness (QED) is 0.537. The molecular weight excluding hydrogens is 439 g/mol. The van der Waals surface area contributed by atoms with Gasteiger partial charge in [0, 0.05) is 0 Å². The Bertz CT molecular complexity index is 444. The maximum atomic E-state index is 9.38. The molecule has 1 heterocycles. The van der Waals surface area contributed by atoms with Crippen LogP contribution in [0.2, 0.25) is 18.1 Å². The van der Waals surface area contributed by atoms with Gasteiger partial charge < -0.3 is 9.53 Å². The van der Waals surface area contributed by atoms with Gasteiger partial charge in [0.15, 0.2) is 8.32 Å². The fourth-order valence-electron chi connectivity index (χ4n) is 1.38. The minimum absolute atomic E-state index is 0.00301. The molecule has 0 fully saturated rings. The van der Waals surface area contributed by atoms with Crippen molar-refractivity contribution in [3.8, 4) is 0 Å². The summed E-state index contributed by atoms with van der Waals surface area (Å²) in [5.41, 5.74) is 0.839. The Balaban J connectivity index is 2.66. The summed E-state index contributed by atoms with van der Waals surface area (Å²) in [6.45, 7) is 12.5. The highest BCUT2D eigenvalue weighted by molar-refractivity contribution is 14.1. The Kier molecular flexibility index (Phi) is 6.07. The van der Waals surface area contributed by atoms with Crippen LogP contribution in [0.4, 0.5) is 0 Å². The van der Waals surface area contributed by atoms with Crippen LogP contribution in [0.25, 0.3) is 0 Å². The predicted molar refractivity (Wildman–Crippen MR) is 91.7 cm³/mol. The van der Waals surface area contributed by atoms with Crippen molar-refractivity contribution < 1.29 is 9.53 Å². The van der Waals surface area contributed by atoms with Gasteiger partial charge >= 0.3 is 0 Å². The average molecular weight is 461 g/mol.